The molecule has 0 bridgehead atoms. The van der Waals surface area contributed by atoms with E-state index < -0.39 is 0 Å². The Morgan fingerprint density at radius 3 is 2.39 bits per heavy atom. The van der Waals surface area contributed by atoms with Crippen molar-refractivity contribution in [3.63, 3.8) is 0 Å². The highest BCUT2D eigenvalue weighted by Gasteiger charge is 2.23. The van der Waals surface area contributed by atoms with Crippen molar-refractivity contribution in [2.24, 2.45) is 0 Å². The van der Waals surface area contributed by atoms with Crippen LogP contribution in [0.25, 0.3) is 33.7 Å². The summed E-state index contributed by atoms with van der Waals surface area (Å²) in [5.74, 6) is 0. The lowest BCUT2D eigenvalue weighted by atomic mass is 9.69. The van der Waals surface area contributed by atoms with Crippen LogP contribution in [0.3, 0.4) is 0 Å². The van der Waals surface area contributed by atoms with Crippen LogP contribution in [0.1, 0.15) is 49.2 Å². The lowest BCUT2D eigenvalue weighted by Gasteiger charge is -2.15. The summed E-state index contributed by atoms with van der Waals surface area (Å²) in [7, 11) is 2.27. The van der Waals surface area contributed by atoms with Crippen LogP contribution in [0.2, 0.25) is 6.32 Å². The van der Waals surface area contributed by atoms with E-state index in [1.165, 1.54) is 83.0 Å². The average Bonchev–Trinajstić information content (AvgIpc) is 3.02. The van der Waals surface area contributed by atoms with Gasteiger partial charge in [0.2, 0.25) is 0 Å². The van der Waals surface area contributed by atoms with Gasteiger partial charge in [-0.2, -0.15) is 0 Å². The molecule has 2 heterocycles. The summed E-state index contributed by atoms with van der Waals surface area (Å²) in [6, 6.07) is 15.9. The molecule has 5 rings (SSSR count). The van der Waals surface area contributed by atoms with Crippen LogP contribution in [0.4, 0.5) is 0 Å². The highest BCUT2D eigenvalue weighted by molar-refractivity contribution is 6.53. The van der Waals surface area contributed by atoms with E-state index in [2.05, 4.69) is 86.1 Å². The van der Waals surface area contributed by atoms with Gasteiger partial charge < -0.3 is 4.48 Å². The topological polar surface area (TPSA) is 4.93 Å². The SMILES string of the molecule is C=C/C=c1\c(=C/C=C)c2cc(Bn3c4c(c(CC)c3CCC)CCCBC4)ccc2c2ccccc12. The Balaban J connectivity index is 1.75. The predicted octanol–water partition coefficient (Wildman–Crippen LogP) is 5.07. The highest BCUT2D eigenvalue weighted by atomic mass is 14.9. The standard InChI is InChI=1S/C33H37B2N/c1-5-12-25-26(13-6-2)31-21-23(18-19-29(31)28-16-10-9-15-27(25)28)35-36-32(14-7-3)24(8-4)30-17-11-20-34-22-33(30)36/h5-6,9-10,12-13,15-16,18-19,21,34-35H,1-2,7-8,11,14,17,20,22H2,3-4H3/b25-12+,26-13+. The van der Waals surface area contributed by atoms with Crippen molar-refractivity contribution in [2.45, 2.75) is 58.6 Å². The van der Waals surface area contributed by atoms with Crippen molar-refractivity contribution in [3.8, 4) is 0 Å². The maximum Gasteiger partial charge on any atom is 0.274 e. The normalized spacial score (nSPS) is 14.5. The molecule has 0 saturated carbocycles. The van der Waals surface area contributed by atoms with E-state index in [0.29, 0.717) is 0 Å². The molecule has 3 heteroatoms. The predicted molar refractivity (Wildman–Crippen MR) is 164 cm³/mol. The molecule has 0 radical (unpaired) electrons. The minimum absolute atomic E-state index is 0.953. The molecule has 3 aromatic carbocycles. The molecule has 0 amide bonds. The average molecular weight is 469 g/mol. The second-order valence-corrected chi connectivity index (χ2v) is 10.2. The minimum atomic E-state index is 0.953. The number of rotatable bonds is 7. The molecule has 0 atom stereocenters. The lowest BCUT2D eigenvalue weighted by Crippen LogP contribution is -2.30. The molecule has 0 aliphatic carbocycles. The molecule has 0 fully saturated rings. The third-order valence-corrected chi connectivity index (χ3v) is 7.97. The molecule has 0 spiro atoms. The van der Waals surface area contributed by atoms with Gasteiger partial charge in [-0.15, -0.1) is 0 Å². The molecular formula is C33H37B2N. The first-order valence-electron chi connectivity index (χ1n) is 13.8. The van der Waals surface area contributed by atoms with Gasteiger partial charge in [-0.05, 0) is 68.7 Å². The molecular weight excluding hydrogens is 432 g/mol. The zero-order valence-corrected chi connectivity index (χ0v) is 22.1. The first kappa shape index (κ1) is 24.5. The van der Waals surface area contributed by atoms with Gasteiger partial charge in [0.1, 0.15) is 7.28 Å². The molecule has 1 aromatic heterocycles. The third-order valence-electron chi connectivity index (χ3n) is 7.97. The van der Waals surface area contributed by atoms with Gasteiger partial charge in [0.25, 0.3) is 7.41 Å². The summed E-state index contributed by atoms with van der Waals surface area (Å²) in [4.78, 5) is 0. The molecule has 36 heavy (non-hydrogen) atoms. The van der Waals surface area contributed by atoms with Gasteiger partial charge >= 0.3 is 0 Å². The Morgan fingerprint density at radius 1 is 0.944 bits per heavy atom. The molecule has 180 valence electrons. The molecule has 1 aliphatic heterocycles. The molecule has 0 N–H and O–H groups in total. The quantitative estimate of drug-likeness (QED) is 0.263. The van der Waals surface area contributed by atoms with Crippen LogP contribution in [0.5, 0.6) is 0 Å². The maximum absolute atomic E-state index is 4.04. The van der Waals surface area contributed by atoms with Crippen LogP contribution in [-0.4, -0.2) is 19.2 Å². The van der Waals surface area contributed by atoms with E-state index in [-0.39, 0.29) is 0 Å². The fourth-order valence-electron chi connectivity index (χ4n) is 6.49. The smallest absolute Gasteiger partial charge is 0.274 e. The number of fused-ring (bicyclic) bond motifs is 4. The van der Waals surface area contributed by atoms with E-state index in [0.717, 1.165) is 13.8 Å². The van der Waals surface area contributed by atoms with Crippen molar-refractivity contribution in [3.05, 3.63) is 101 Å². The first-order chi connectivity index (χ1) is 17.7. The molecule has 1 nitrogen and oxygen atoms in total. The number of benzene rings is 3. The summed E-state index contributed by atoms with van der Waals surface area (Å²) in [6.45, 7) is 12.7. The number of aromatic nitrogens is 1. The van der Waals surface area contributed by atoms with Gasteiger partial charge in [0.15, 0.2) is 0 Å². The van der Waals surface area contributed by atoms with Crippen LogP contribution in [-0.2, 0) is 25.6 Å². The summed E-state index contributed by atoms with van der Waals surface area (Å²) in [5.41, 5.74) is 7.90. The summed E-state index contributed by atoms with van der Waals surface area (Å²) in [6.07, 6.45) is 16.8. The van der Waals surface area contributed by atoms with Crippen molar-refractivity contribution < 1.29 is 0 Å². The van der Waals surface area contributed by atoms with Crippen molar-refractivity contribution in [1.82, 2.24) is 4.48 Å². The molecule has 0 unspecified atom stereocenters. The maximum atomic E-state index is 4.04. The Bertz CT molecular complexity index is 1570. The Hall–Kier alpha value is -3.19. The van der Waals surface area contributed by atoms with E-state index >= 15 is 0 Å². The van der Waals surface area contributed by atoms with Crippen LogP contribution in [0.15, 0.2) is 67.8 Å². The van der Waals surface area contributed by atoms with E-state index in [1.54, 1.807) is 22.5 Å². The van der Waals surface area contributed by atoms with Gasteiger partial charge in [-0.1, -0.05) is 118 Å². The van der Waals surface area contributed by atoms with Crippen molar-refractivity contribution >= 4 is 53.9 Å². The first-order valence-corrected chi connectivity index (χ1v) is 13.8. The fraction of sp³-hybridized carbons (Fsp3) is 0.273. The molecule has 0 saturated heterocycles. The summed E-state index contributed by atoms with van der Waals surface area (Å²) >= 11 is 0. The van der Waals surface area contributed by atoms with E-state index in [4.69, 9.17) is 0 Å². The second kappa shape index (κ2) is 10.8. The highest BCUT2D eigenvalue weighted by Crippen LogP contribution is 2.29. The lowest BCUT2D eigenvalue weighted by molar-refractivity contribution is 0.843. The monoisotopic (exact) mass is 469 g/mol. The Labute approximate surface area is 217 Å². The Morgan fingerprint density at radius 2 is 1.67 bits per heavy atom. The minimum Gasteiger partial charge on any atom is -0.392 e. The second-order valence-electron chi connectivity index (χ2n) is 10.2. The van der Waals surface area contributed by atoms with E-state index in [1.807, 2.05) is 12.2 Å². The van der Waals surface area contributed by atoms with Gasteiger partial charge in [-0.3, -0.25) is 0 Å². The summed E-state index contributed by atoms with van der Waals surface area (Å²) in [5, 5.41) is 7.61. The van der Waals surface area contributed by atoms with Crippen LogP contribution in [0, 0.1) is 0 Å². The van der Waals surface area contributed by atoms with Crippen LogP contribution >= 0.6 is 0 Å². The molecule has 1 aliphatic rings. The van der Waals surface area contributed by atoms with Crippen LogP contribution < -0.4 is 15.9 Å². The number of nitrogens with zero attached hydrogens (tertiary/aromatic N) is 1. The van der Waals surface area contributed by atoms with Gasteiger partial charge in [0, 0.05) is 11.4 Å². The van der Waals surface area contributed by atoms with Gasteiger partial charge in [-0.25, -0.2) is 0 Å². The summed E-state index contributed by atoms with van der Waals surface area (Å²) < 4.78 is 2.71. The van der Waals surface area contributed by atoms with Crippen molar-refractivity contribution in [1.29, 1.82) is 0 Å². The fourth-order valence-corrected chi connectivity index (χ4v) is 6.49. The third kappa shape index (κ3) is 4.30. The zero-order chi connectivity index (χ0) is 25.1. The number of allylic oxidation sites excluding steroid dienone is 2. The zero-order valence-electron chi connectivity index (χ0n) is 22.1. The number of hydrogen-bond donors (Lipinski definition) is 0. The molecule has 4 aromatic rings. The number of hydrogen-bond acceptors (Lipinski definition) is 0. The van der Waals surface area contributed by atoms with Crippen molar-refractivity contribution in [2.75, 3.05) is 0 Å². The van der Waals surface area contributed by atoms with Gasteiger partial charge in [0.05, 0.1) is 0 Å². The Kier molecular flexibility index (Phi) is 7.37. The van der Waals surface area contributed by atoms with E-state index in [9.17, 15) is 0 Å². The largest absolute Gasteiger partial charge is 0.392 e.